The quantitative estimate of drug-likeness (QED) is 0.542. The van der Waals surface area contributed by atoms with Crippen molar-refractivity contribution in [2.24, 2.45) is 5.92 Å². The first kappa shape index (κ1) is 26.1. The van der Waals surface area contributed by atoms with E-state index in [2.05, 4.69) is 5.32 Å². The molecule has 1 aromatic carbocycles. The van der Waals surface area contributed by atoms with Crippen LogP contribution in [0.4, 0.5) is 0 Å². The highest BCUT2D eigenvalue weighted by Gasteiger charge is 2.49. The number of fused-ring (bicyclic) bond motifs is 1. The summed E-state index contributed by atoms with van der Waals surface area (Å²) in [6.07, 6.45) is 4.26. The zero-order chi connectivity index (χ0) is 22.5. The lowest BCUT2D eigenvalue weighted by Crippen LogP contribution is -2.55. The molecule has 1 saturated heterocycles. The Balaban J connectivity index is 0.00000363. The van der Waals surface area contributed by atoms with E-state index < -0.39 is 24.1 Å². The lowest BCUT2D eigenvalue weighted by Gasteiger charge is -2.32. The van der Waals surface area contributed by atoms with Crippen LogP contribution < -0.4 is 5.32 Å². The number of carbonyl (C=O) groups is 3. The van der Waals surface area contributed by atoms with Crippen LogP contribution in [0.15, 0.2) is 30.3 Å². The number of rotatable bonds is 9. The molecule has 0 bridgehead atoms. The molecule has 5 atom stereocenters. The Morgan fingerprint density at radius 2 is 1.84 bits per heavy atom. The number of hydrogen-bond donors (Lipinski definition) is 2. The van der Waals surface area contributed by atoms with E-state index in [0.717, 1.165) is 24.8 Å². The van der Waals surface area contributed by atoms with Gasteiger partial charge in [-0.2, -0.15) is 0 Å². The number of esters is 1. The van der Waals surface area contributed by atoms with Gasteiger partial charge in [-0.05, 0) is 64.4 Å². The third kappa shape index (κ3) is 6.23. The molecule has 1 aliphatic heterocycles. The molecule has 0 spiro atoms. The average Bonchev–Trinajstić information content (AvgIpc) is 3.31. The monoisotopic (exact) mass is 466 g/mol. The van der Waals surface area contributed by atoms with Crippen molar-refractivity contribution in [3.63, 3.8) is 0 Å². The Hall–Kier alpha value is -2.12. The molecule has 0 unspecified atom stereocenters. The molecule has 0 radical (unpaired) electrons. The van der Waals surface area contributed by atoms with Gasteiger partial charge in [0.15, 0.2) is 0 Å². The molecular formula is C24H35ClN2O5. The van der Waals surface area contributed by atoms with E-state index >= 15 is 0 Å². The smallest absolute Gasteiger partial charge is 0.326 e. The van der Waals surface area contributed by atoms with E-state index in [-0.39, 0.29) is 42.3 Å². The van der Waals surface area contributed by atoms with Gasteiger partial charge >= 0.3 is 11.9 Å². The molecule has 178 valence electrons. The first-order valence-electron chi connectivity index (χ1n) is 11.3. The van der Waals surface area contributed by atoms with Crippen LogP contribution in [0.25, 0.3) is 0 Å². The summed E-state index contributed by atoms with van der Waals surface area (Å²) in [5, 5.41) is 12.8. The second kappa shape index (κ2) is 11.7. The summed E-state index contributed by atoms with van der Waals surface area (Å²) in [5.41, 5.74) is 1.10. The number of carbonyl (C=O) groups excluding carboxylic acids is 2. The zero-order valence-electron chi connectivity index (χ0n) is 19.0. The molecule has 1 amide bonds. The summed E-state index contributed by atoms with van der Waals surface area (Å²) < 4.78 is 5.42. The highest BCUT2D eigenvalue weighted by molar-refractivity contribution is 5.88. The maximum absolute atomic E-state index is 13.3. The van der Waals surface area contributed by atoms with E-state index in [4.69, 9.17) is 4.74 Å². The molecule has 2 N–H and O–H groups in total. The number of nitrogens with one attached hydrogen (secondary N) is 1. The fourth-order valence-electron chi connectivity index (χ4n) is 4.96. The summed E-state index contributed by atoms with van der Waals surface area (Å²) in [7, 11) is 0. The summed E-state index contributed by atoms with van der Waals surface area (Å²) in [6, 6.07) is 7.73. The number of amides is 1. The lowest BCUT2D eigenvalue weighted by molar-refractivity contribution is -0.153. The van der Waals surface area contributed by atoms with Gasteiger partial charge in [-0.3, -0.25) is 14.9 Å². The highest BCUT2D eigenvalue weighted by Crippen LogP contribution is 2.41. The van der Waals surface area contributed by atoms with Crippen LogP contribution in [0.1, 0.15) is 58.4 Å². The molecule has 1 aromatic rings. The van der Waals surface area contributed by atoms with Crippen molar-refractivity contribution in [3.8, 4) is 0 Å². The molecule has 0 aromatic heterocycles. The van der Waals surface area contributed by atoms with E-state index in [1.807, 2.05) is 30.3 Å². The van der Waals surface area contributed by atoms with E-state index in [0.29, 0.717) is 19.3 Å². The molecule has 1 aliphatic carbocycles. The second-order valence-electron chi connectivity index (χ2n) is 9.04. The Morgan fingerprint density at radius 3 is 2.47 bits per heavy atom. The number of aryl methyl sites for hydroxylation is 1. The molecule has 32 heavy (non-hydrogen) atoms. The number of benzene rings is 1. The summed E-state index contributed by atoms with van der Waals surface area (Å²) in [4.78, 5) is 39.4. The van der Waals surface area contributed by atoms with E-state index in [9.17, 15) is 19.5 Å². The summed E-state index contributed by atoms with van der Waals surface area (Å²) in [5.74, 6) is -1.32. The van der Waals surface area contributed by atoms with Gasteiger partial charge in [-0.15, -0.1) is 12.4 Å². The fourth-order valence-corrected chi connectivity index (χ4v) is 4.96. The van der Waals surface area contributed by atoms with Crippen molar-refractivity contribution < 1.29 is 24.2 Å². The first-order valence-corrected chi connectivity index (χ1v) is 11.3. The van der Waals surface area contributed by atoms with Crippen LogP contribution in [0, 0.1) is 5.92 Å². The zero-order valence-corrected chi connectivity index (χ0v) is 19.8. The van der Waals surface area contributed by atoms with Crippen molar-refractivity contribution in [3.05, 3.63) is 35.9 Å². The summed E-state index contributed by atoms with van der Waals surface area (Å²) in [6.45, 7) is 5.30. The van der Waals surface area contributed by atoms with Gasteiger partial charge in [0.2, 0.25) is 5.91 Å². The molecule has 1 heterocycles. The maximum Gasteiger partial charge on any atom is 0.326 e. The van der Waals surface area contributed by atoms with Crippen molar-refractivity contribution in [2.75, 3.05) is 0 Å². The van der Waals surface area contributed by atoms with Gasteiger partial charge in [0.05, 0.1) is 12.1 Å². The van der Waals surface area contributed by atoms with E-state index in [1.165, 1.54) is 0 Å². The Kier molecular flexibility index (Phi) is 9.52. The standard InChI is InChI=1S/C24H34N2O5.ClH/c1-15(2)31-24(30)19(13-12-17-8-5-4-6-9-17)25-16(3)22(27)26-20-11-7-10-18(20)14-21(26)23(28)29;/h4-6,8-9,15-16,18-21,25H,7,10-14H2,1-3H3,(H,28,29);1H/t16-,18-,19-,20-,21-;/m0./s1. The predicted molar refractivity (Wildman–Crippen MR) is 124 cm³/mol. The van der Waals surface area contributed by atoms with Crippen LogP contribution in [-0.2, 0) is 25.5 Å². The SMILES string of the molecule is CC(C)OC(=O)[C@H](CCc1ccccc1)N[C@@H](C)C(=O)N1[C@H](C(=O)O)C[C@@H]2CCC[C@@H]21.Cl. The number of carboxylic acids is 1. The number of carboxylic acid groups (broad SMARTS) is 1. The van der Waals surface area contributed by atoms with Gasteiger partial charge in [0.25, 0.3) is 0 Å². The van der Waals surface area contributed by atoms with Gasteiger partial charge in [0, 0.05) is 6.04 Å². The third-order valence-electron chi connectivity index (χ3n) is 6.40. The van der Waals surface area contributed by atoms with Crippen LogP contribution in [-0.4, -0.2) is 58.1 Å². The number of ether oxygens (including phenoxy) is 1. The predicted octanol–water partition coefficient (Wildman–Crippen LogP) is 3.19. The topological polar surface area (TPSA) is 95.9 Å². The minimum Gasteiger partial charge on any atom is -0.480 e. The number of nitrogens with zero attached hydrogens (tertiary/aromatic N) is 1. The average molecular weight is 467 g/mol. The minimum absolute atomic E-state index is 0. The van der Waals surface area contributed by atoms with Crippen LogP contribution >= 0.6 is 12.4 Å². The summed E-state index contributed by atoms with van der Waals surface area (Å²) >= 11 is 0. The molecule has 7 nitrogen and oxygen atoms in total. The van der Waals surface area contributed by atoms with Gasteiger partial charge in [-0.25, -0.2) is 4.79 Å². The Morgan fingerprint density at radius 1 is 1.16 bits per heavy atom. The normalized spacial score (nSPS) is 23.9. The van der Waals surface area contributed by atoms with E-state index in [1.54, 1.807) is 25.7 Å². The van der Waals surface area contributed by atoms with Crippen LogP contribution in [0.2, 0.25) is 0 Å². The minimum atomic E-state index is -0.949. The van der Waals surface area contributed by atoms with Gasteiger partial charge in [-0.1, -0.05) is 36.8 Å². The number of hydrogen-bond acceptors (Lipinski definition) is 5. The fraction of sp³-hybridized carbons (Fsp3) is 0.625. The second-order valence-corrected chi connectivity index (χ2v) is 9.04. The molecule has 1 saturated carbocycles. The molecule has 3 rings (SSSR count). The maximum atomic E-state index is 13.3. The molecule has 2 aliphatic rings. The molecule has 2 fully saturated rings. The van der Waals surface area contributed by atoms with Gasteiger partial charge in [0.1, 0.15) is 12.1 Å². The lowest BCUT2D eigenvalue weighted by atomic mass is 10.0. The van der Waals surface area contributed by atoms with Crippen LogP contribution in [0.5, 0.6) is 0 Å². The Labute approximate surface area is 196 Å². The van der Waals surface area contributed by atoms with Crippen molar-refractivity contribution >= 4 is 30.3 Å². The van der Waals surface area contributed by atoms with Crippen molar-refractivity contribution in [2.45, 2.75) is 89.6 Å². The molecule has 8 heteroatoms. The number of aliphatic carboxylic acids is 1. The van der Waals surface area contributed by atoms with Gasteiger partial charge < -0.3 is 14.7 Å². The molecular weight excluding hydrogens is 432 g/mol. The Bertz CT molecular complexity index is 788. The third-order valence-corrected chi connectivity index (χ3v) is 6.40. The van der Waals surface area contributed by atoms with Crippen molar-refractivity contribution in [1.29, 1.82) is 0 Å². The number of likely N-dealkylation sites (tertiary alicyclic amines) is 1. The van der Waals surface area contributed by atoms with Crippen molar-refractivity contribution in [1.82, 2.24) is 10.2 Å². The highest BCUT2D eigenvalue weighted by atomic mass is 35.5. The van der Waals surface area contributed by atoms with Crippen LogP contribution in [0.3, 0.4) is 0 Å². The number of halogens is 1. The first-order chi connectivity index (χ1) is 14.8. The largest absolute Gasteiger partial charge is 0.480 e.